The number of hydrogen-bond donors (Lipinski definition) is 1. The average Bonchev–Trinajstić information content (AvgIpc) is 2.71. The normalized spacial score (nSPS) is 29.1. The number of fused-ring (bicyclic) bond motifs is 4. The van der Waals surface area contributed by atoms with Crippen molar-refractivity contribution in [2.45, 2.75) is 64.3 Å². The van der Waals surface area contributed by atoms with Crippen molar-refractivity contribution in [3.63, 3.8) is 0 Å². The summed E-state index contributed by atoms with van der Waals surface area (Å²) in [6, 6.07) is 5.99. The zero-order chi connectivity index (χ0) is 21.5. The highest BCUT2D eigenvalue weighted by atomic mass is 16.5. The minimum atomic E-state index is -0.937. The average molecular weight is 418 g/mol. The van der Waals surface area contributed by atoms with Gasteiger partial charge in [-0.1, -0.05) is 12.1 Å². The number of carboxylic acid groups (broad SMARTS) is 1. The Balaban J connectivity index is 1.53. The third kappa shape index (κ3) is 3.87. The maximum atomic E-state index is 12.4. The molecule has 7 nitrogen and oxygen atoms in total. The summed E-state index contributed by atoms with van der Waals surface area (Å²) in [5.74, 6) is 0.916. The molecule has 2 saturated heterocycles. The molecule has 0 saturated carbocycles. The van der Waals surface area contributed by atoms with Crippen LogP contribution in [0.2, 0.25) is 0 Å². The highest BCUT2D eigenvalue weighted by Gasteiger charge is 2.52. The van der Waals surface area contributed by atoms with Crippen LogP contribution < -0.4 is 9.47 Å². The smallest absolute Gasteiger partial charge is 0.303 e. The number of ether oxygens (including phenoxy) is 3. The number of hydrogen-bond acceptors (Lipinski definition) is 5. The minimum absolute atomic E-state index is 0.0559. The molecule has 0 aromatic heterocycles. The van der Waals surface area contributed by atoms with E-state index in [1.54, 1.807) is 0 Å². The number of nitrogens with zero attached hydrogens (tertiary/aromatic N) is 1. The first-order chi connectivity index (χ1) is 14.3. The Labute approximate surface area is 177 Å². The van der Waals surface area contributed by atoms with Crippen LogP contribution in [0.3, 0.4) is 0 Å². The Morgan fingerprint density at radius 2 is 2.10 bits per heavy atom. The van der Waals surface area contributed by atoms with Crippen LogP contribution in [0, 0.1) is 11.8 Å². The third-order valence-corrected chi connectivity index (χ3v) is 6.69. The molecule has 3 heterocycles. The van der Waals surface area contributed by atoms with Gasteiger partial charge in [-0.25, -0.2) is 0 Å². The molecule has 0 unspecified atom stereocenters. The number of rotatable bonds is 5. The first kappa shape index (κ1) is 21.0. The Kier molecular flexibility index (Phi) is 5.66. The molecular weight excluding hydrogens is 386 g/mol. The zero-order valence-electron chi connectivity index (χ0n) is 17.9. The Bertz CT molecular complexity index is 822. The quantitative estimate of drug-likeness (QED) is 0.790. The number of benzene rings is 1. The van der Waals surface area contributed by atoms with Crippen molar-refractivity contribution >= 4 is 11.9 Å². The SMILES string of the molecule is CCOc1cccc2c1OC(C)(C)[C@H]1C[C@H]3CN(C(=O)CCC(=O)O)CC[C@@H]3O[C@H]21. The molecule has 4 rings (SSSR count). The fourth-order valence-electron chi connectivity index (χ4n) is 5.16. The lowest BCUT2D eigenvalue weighted by Gasteiger charge is -2.53. The fourth-order valence-corrected chi connectivity index (χ4v) is 5.16. The molecule has 2 fully saturated rings. The standard InChI is InChI=1S/C23H31NO6/c1-4-28-18-7-5-6-15-21-16(23(2,3)30-22(15)18)12-14-13-24(11-10-17(14)29-21)19(25)8-9-20(26)27/h5-7,14,16-17,21H,4,8-13H2,1-3H3,(H,26,27)/t14-,16-,17-,21+/m0/s1. The Morgan fingerprint density at radius 3 is 2.83 bits per heavy atom. The van der Waals surface area contributed by atoms with E-state index in [4.69, 9.17) is 19.3 Å². The van der Waals surface area contributed by atoms with Crippen LogP contribution in [0.25, 0.3) is 0 Å². The summed E-state index contributed by atoms with van der Waals surface area (Å²) in [5, 5.41) is 8.85. The van der Waals surface area contributed by atoms with Gasteiger partial charge in [0.2, 0.25) is 5.91 Å². The van der Waals surface area contributed by atoms with Gasteiger partial charge in [0.1, 0.15) is 5.60 Å². The lowest BCUT2D eigenvalue weighted by atomic mass is 9.70. The van der Waals surface area contributed by atoms with Crippen molar-refractivity contribution in [1.29, 1.82) is 0 Å². The third-order valence-electron chi connectivity index (χ3n) is 6.69. The van der Waals surface area contributed by atoms with Gasteiger partial charge in [-0.05, 0) is 39.7 Å². The number of carbonyl (C=O) groups is 2. The summed E-state index contributed by atoms with van der Waals surface area (Å²) in [6.45, 7) is 7.96. The molecule has 0 radical (unpaired) electrons. The minimum Gasteiger partial charge on any atom is -0.490 e. The van der Waals surface area contributed by atoms with Gasteiger partial charge in [0, 0.05) is 36.9 Å². The lowest BCUT2D eigenvalue weighted by Crippen LogP contribution is -2.56. The second-order valence-electron chi connectivity index (χ2n) is 9.03. The number of amides is 1. The summed E-state index contributed by atoms with van der Waals surface area (Å²) in [6.07, 6.45) is 1.65. The van der Waals surface area contributed by atoms with Crippen LogP contribution in [0.4, 0.5) is 0 Å². The van der Waals surface area contributed by atoms with Gasteiger partial charge in [0.25, 0.3) is 0 Å². The van der Waals surface area contributed by atoms with E-state index < -0.39 is 11.6 Å². The second kappa shape index (κ2) is 8.10. The molecule has 7 heteroatoms. The highest BCUT2D eigenvalue weighted by molar-refractivity contribution is 5.80. The van der Waals surface area contributed by atoms with E-state index in [-0.39, 0.29) is 42.8 Å². The van der Waals surface area contributed by atoms with Crippen molar-refractivity contribution in [1.82, 2.24) is 4.90 Å². The molecule has 4 atom stereocenters. The Hall–Kier alpha value is -2.28. The van der Waals surface area contributed by atoms with Crippen molar-refractivity contribution in [3.05, 3.63) is 23.8 Å². The first-order valence-corrected chi connectivity index (χ1v) is 10.9. The van der Waals surface area contributed by atoms with Crippen molar-refractivity contribution in [2.75, 3.05) is 19.7 Å². The van der Waals surface area contributed by atoms with Crippen molar-refractivity contribution in [2.24, 2.45) is 11.8 Å². The second-order valence-corrected chi connectivity index (χ2v) is 9.03. The van der Waals surface area contributed by atoms with Crippen LogP contribution in [-0.4, -0.2) is 53.3 Å². The summed E-state index contributed by atoms with van der Waals surface area (Å²) in [5.41, 5.74) is 0.620. The van der Waals surface area contributed by atoms with Crippen molar-refractivity contribution < 1.29 is 28.9 Å². The van der Waals surface area contributed by atoms with E-state index in [1.807, 2.05) is 24.0 Å². The van der Waals surface area contributed by atoms with E-state index in [1.165, 1.54) is 0 Å². The van der Waals surface area contributed by atoms with E-state index in [9.17, 15) is 9.59 Å². The van der Waals surface area contributed by atoms with E-state index >= 15 is 0 Å². The van der Waals surface area contributed by atoms with Gasteiger partial charge in [-0.15, -0.1) is 0 Å². The summed E-state index contributed by atoms with van der Waals surface area (Å²) in [7, 11) is 0. The topological polar surface area (TPSA) is 85.3 Å². The number of piperidine rings is 1. The molecule has 0 aliphatic carbocycles. The lowest BCUT2D eigenvalue weighted by molar-refractivity contribution is -0.189. The molecule has 0 spiro atoms. The van der Waals surface area contributed by atoms with Gasteiger partial charge in [-0.2, -0.15) is 0 Å². The van der Waals surface area contributed by atoms with Crippen LogP contribution in [0.1, 0.15) is 58.1 Å². The molecule has 1 amide bonds. The highest BCUT2D eigenvalue weighted by Crippen LogP contribution is 2.55. The molecule has 1 aromatic carbocycles. The largest absolute Gasteiger partial charge is 0.490 e. The van der Waals surface area contributed by atoms with Crippen LogP contribution in [0.5, 0.6) is 11.5 Å². The molecule has 3 aliphatic rings. The summed E-state index contributed by atoms with van der Waals surface area (Å²) < 4.78 is 18.9. The molecule has 1 N–H and O–H groups in total. The number of para-hydroxylation sites is 1. The number of aliphatic carboxylic acids is 1. The first-order valence-electron chi connectivity index (χ1n) is 10.9. The van der Waals surface area contributed by atoms with Crippen molar-refractivity contribution in [3.8, 4) is 11.5 Å². The predicted octanol–water partition coefficient (Wildman–Crippen LogP) is 3.42. The summed E-state index contributed by atoms with van der Waals surface area (Å²) >= 11 is 0. The van der Waals surface area contributed by atoms with Gasteiger partial charge in [0.15, 0.2) is 11.5 Å². The molecule has 3 aliphatic heterocycles. The zero-order valence-corrected chi connectivity index (χ0v) is 17.9. The van der Waals surface area contributed by atoms with E-state index in [2.05, 4.69) is 19.9 Å². The molecule has 164 valence electrons. The fraction of sp³-hybridized carbons (Fsp3) is 0.652. The molecular formula is C23H31NO6. The monoisotopic (exact) mass is 417 g/mol. The van der Waals surface area contributed by atoms with Crippen LogP contribution in [0.15, 0.2) is 18.2 Å². The number of likely N-dealkylation sites (tertiary alicyclic amines) is 1. The molecule has 1 aromatic rings. The molecule has 0 bridgehead atoms. The van der Waals surface area contributed by atoms with Crippen LogP contribution in [-0.2, 0) is 14.3 Å². The maximum Gasteiger partial charge on any atom is 0.303 e. The van der Waals surface area contributed by atoms with Crippen LogP contribution >= 0.6 is 0 Å². The van der Waals surface area contributed by atoms with Gasteiger partial charge < -0.3 is 24.2 Å². The number of carbonyl (C=O) groups excluding carboxylic acids is 1. The predicted molar refractivity (Wildman–Crippen MR) is 110 cm³/mol. The number of carboxylic acids is 1. The van der Waals surface area contributed by atoms with Gasteiger partial charge in [0.05, 0.1) is 25.2 Å². The van der Waals surface area contributed by atoms with Gasteiger partial charge in [-0.3, -0.25) is 9.59 Å². The Morgan fingerprint density at radius 1 is 1.30 bits per heavy atom. The van der Waals surface area contributed by atoms with Gasteiger partial charge >= 0.3 is 5.97 Å². The maximum absolute atomic E-state index is 12.4. The summed E-state index contributed by atoms with van der Waals surface area (Å²) in [4.78, 5) is 25.0. The van der Waals surface area contributed by atoms with E-state index in [0.29, 0.717) is 19.7 Å². The molecule has 30 heavy (non-hydrogen) atoms. The van der Waals surface area contributed by atoms with E-state index in [0.717, 1.165) is 29.9 Å².